The van der Waals surface area contributed by atoms with Gasteiger partial charge < -0.3 is 0 Å². The number of rotatable bonds is 3. The van der Waals surface area contributed by atoms with E-state index >= 15 is 0 Å². The Hall–Kier alpha value is -0.470. The minimum atomic E-state index is -2.17. The Morgan fingerprint density at radius 1 is 1.10 bits per heavy atom. The summed E-state index contributed by atoms with van der Waals surface area (Å²) in [7, 11) is 0. The highest BCUT2D eigenvalue weighted by atomic mass is 19.3. The van der Waals surface area contributed by atoms with Gasteiger partial charge in [0.25, 0.3) is 0 Å². The van der Waals surface area contributed by atoms with Crippen LogP contribution in [0.15, 0.2) is 11.9 Å². The molecule has 0 bridgehead atoms. The zero-order valence-corrected chi connectivity index (χ0v) is 6.13. The molecule has 3 heteroatoms. The van der Waals surface area contributed by atoms with Crippen LogP contribution in [0.3, 0.4) is 0 Å². The van der Waals surface area contributed by atoms with Gasteiger partial charge in [-0.15, -0.1) is 0 Å². The molecule has 0 saturated heterocycles. The van der Waals surface area contributed by atoms with Crippen molar-refractivity contribution in [3.63, 3.8) is 0 Å². The summed E-state index contributed by atoms with van der Waals surface area (Å²) in [5, 5.41) is 0. The van der Waals surface area contributed by atoms with Gasteiger partial charge in [-0.1, -0.05) is 13.8 Å². The Balaban J connectivity index is 4.15. The predicted molar refractivity (Wildman–Crippen MR) is 34.4 cm³/mol. The van der Waals surface area contributed by atoms with Crippen LogP contribution in [-0.2, 0) is 0 Å². The summed E-state index contributed by atoms with van der Waals surface area (Å²) < 4.78 is 35.4. The number of hydrogen-bond acceptors (Lipinski definition) is 0. The largest absolute Gasteiger partial charge is 0.301 e. The highest BCUT2D eigenvalue weighted by Crippen LogP contribution is 2.24. The van der Waals surface area contributed by atoms with Gasteiger partial charge in [0, 0.05) is 5.92 Å². The van der Waals surface area contributed by atoms with E-state index in [0.717, 1.165) is 0 Å². The Labute approximate surface area is 58.7 Å². The smallest absolute Gasteiger partial charge is 0.206 e. The molecule has 0 nitrogen and oxygen atoms in total. The van der Waals surface area contributed by atoms with Crippen molar-refractivity contribution in [3.05, 3.63) is 11.9 Å². The quantitative estimate of drug-likeness (QED) is 0.580. The number of hydrogen-bond donors (Lipinski definition) is 0. The normalized spacial score (nSPS) is 10.2. The zero-order valence-electron chi connectivity index (χ0n) is 6.13. The Morgan fingerprint density at radius 3 is 1.60 bits per heavy atom. The number of halogens is 3. The maximum atomic E-state index is 12.3. The Bertz CT molecular complexity index is 121. The summed E-state index contributed by atoms with van der Waals surface area (Å²) in [5.74, 6) is -1.84. The van der Waals surface area contributed by atoms with Crippen molar-refractivity contribution >= 4 is 0 Å². The summed E-state index contributed by atoms with van der Waals surface area (Å²) in [6.07, 6.45) is -1.31. The molecular weight excluding hydrogens is 141 g/mol. The first-order valence-electron chi connectivity index (χ1n) is 3.34. The van der Waals surface area contributed by atoms with Crippen LogP contribution in [0.5, 0.6) is 0 Å². The molecule has 0 spiro atoms. The van der Waals surface area contributed by atoms with Gasteiger partial charge in [-0.2, -0.15) is 8.78 Å². The van der Waals surface area contributed by atoms with E-state index in [9.17, 15) is 13.2 Å². The van der Waals surface area contributed by atoms with Gasteiger partial charge in [0.2, 0.25) is 0 Å². The third kappa shape index (κ3) is 2.42. The predicted octanol–water partition coefficient (Wildman–Crippen LogP) is 3.50. The van der Waals surface area contributed by atoms with Crippen molar-refractivity contribution in [2.24, 2.45) is 5.92 Å². The van der Waals surface area contributed by atoms with Crippen LogP contribution < -0.4 is 0 Å². The fourth-order valence-electron chi connectivity index (χ4n) is 0.801. The molecular formula is C7H11F3. The molecule has 0 aromatic heterocycles. The second kappa shape index (κ2) is 4.36. The summed E-state index contributed by atoms with van der Waals surface area (Å²) in [6, 6.07) is 0. The van der Waals surface area contributed by atoms with Gasteiger partial charge in [0.1, 0.15) is 0 Å². The van der Waals surface area contributed by atoms with Crippen LogP contribution in [0, 0.1) is 5.92 Å². The summed E-state index contributed by atoms with van der Waals surface area (Å²) in [5.41, 5.74) is 0. The highest BCUT2D eigenvalue weighted by molar-refractivity contribution is 4.96. The molecule has 0 N–H and O–H groups in total. The molecule has 0 heterocycles. The molecule has 0 unspecified atom stereocenters. The van der Waals surface area contributed by atoms with Crippen molar-refractivity contribution < 1.29 is 13.2 Å². The summed E-state index contributed by atoms with van der Waals surface area (Å²) in [6.45, 7) is 3.38. The second-order valence-corrected chi connectivity index (χ2v) is 2.12. The first-order valence-corrected chi connectivity index (χ1v) is 3.34. The van der Waals surface area contributed by atoms with Gasteiger partial charge in [0.05, 0.1) is 0 Å². The lowest BCUT2D eigenvalue weighted by Crippen LogP contribution is -1.97. The van der Waals surface area contributed by atoms with Crippen LogP contribution >= 0.6 is 0 Å². The van der Waals surface area contributed by atoms with Crippen LogP contribution in [0.1, 0.15) is 26.7 Å². The van der Waals surface area contributed by atoms with E-state index in [1.807, 2.05) is 0 Å². The SMILES string of the molecule is CCC(CC)C(F)=C(F)F. The fraction of sp³-hybridized carbons (Fsp3) is 0.714. The maximum absolute atomic E-state index is 12.3. The topological polar surface area (TPSA) is 0 Å². The lowest BCUT2D eigenvalue weighted by molar-refractivity contribution is 0.332. The maximum Gasteiger partial charge on any atom is 0.301 e. The molecule has 0 rings (SSSR count). The average Bonchev–Trinajstić information content (AvgIpc) is 1.90. The van der Waals surface area contributed by atoms with E-state index in [2.05, 4.69) is 0 Å². The molecule has 0 saturated carbocycles. The molecule has 0 aromatic rings. The van der Waals surface area contributed by atoms with E-state index in [1.165, 1.54) is 0 Å². The van der Waals surface area contributed by atoms with E-state index in [1.54, 1.807) is 13.8 Å². The molecule has 0 amide bonds. The standard InChI is InChI=1S/C7H11F3/c1-3-5(4-2)6(8)7(9)10/h5H,3-4H2,1-2H3. The summed E-state index contributed by atoms with van der Waals surface area (Å²) in [4.78, 5) is 0. The average molecular weight is 152 g/mol. The van der Waals surface area contributed by atoms with Gasteiger partial charge >= 0.3 is 6.08 Å². The number of allylic oxidation sites excluding steroid dienone is 1. The Morgan fingerprint density at radius 2 is 1.50 bits per heavy atom. The van der Waals surface area contributed by atoms with Crippen molar-refractivity contribution in [1.29, 1.82) is 0 Å². The highest BCUT2D eigenvalue weighted by Gasteiger charge is 2.14. The molecule has 0 fully saturated rings. The molecule has 10 heavy (non-hydrogen) atoms. The molecule has 0 radical (unpaired) electrons. The fourth-order valence-corrected chi connectivity index (χ4v) is 0.801. The van der Waals surface area contributed by atoms with E-state index in [-0.39, 0.29) is 0 Å². The van der Waals surface area contributed by atoms with E-state index in [4.69, 9.17) is 0 Å². The minimum Gasteiger partial charge on any atom is -0.206 e. The Kier molecular flexibility index (Phi) is 4.16. The van der Waals surface area contributed by atoms with Crippen LogP contribution in [0.4, 0.5) is 13.2 Å². The van der Waals surface area contributed by atoms with E-state index < -0.39 is 17.8 Å². The zero-order chi connectivity index (χ0) is 8.15. The molecule has 0 aliphatic rings. The van der Waals surface area contributed by atoms with Crippen LogP contribution in [0.25, 0.3) is 0 Å². The monoisotopic (exact) mass is 152 g/mol. The lowest BCUT2D eigenvalue weighted by atomic mass is 10.0. The molecule has 60 valence electrons. The third-order valence-electron chi connectivity index (χ3n) is 1.52. The first-order chi connectivity index (χ1) is 4.63. The van der Waals surface area contributed by atoms with Crippen LogP contribution in [0.2, 0.25) is 0 Å². The molecule has 0 aliphatic heterocycles. The van der Waals surface area contributed by atoms with Gasteiger partial charge in [-0.05, 0) is 12.8 Å². The third-order valence-corrected chi connectivity index (χ3v) is 1.52. The lowest BCUT2D eigenvalue weighted by Gasteiger charge is -2.06. The van der Waals surface area contributed by atoms with E-state index in [0.29, 0.717) is 12.8 Å². The molecule has 0 aromatic carbocycles. The first kappa shape index (κ1) is 9.53. The van der Waals surface area contributed by atoms with Crippen molar-refractivity contribution in [2.75, 3.05) is 0 Å². The second-order valence-electron chi connectivity index (χ2n) is 2.12. The van der Waals surface area contributed by atoms with Gasteiger partial charge in [-0.3, -0.25) is 0 Å². The minimum absolute atomic E-state index is 0.430. The van der Waals surface area contributed by atoms with Crippen LogP contribution in [-0.4, -0.2) is 0 Å². The van der Waals surface area contributed by atoms with Crippen molar-refractivity contribution in [3.8, 4) is 0 Å². The van der Waals surface area contributed by atoms with Crippen molar-refractivity contribution in [1.82, 2.24) is 0 Å². The van der Waals surface area contributed by atoms with Gasteiger partial charge in [0.15, 0.2) is 5.83 Å². The molecule has 0 atom stereocenters. The molecule has 0 aliphatic carbocycles. The van der Waals surface area contributed by atoms with Gasteiger partial charge in [-0.25, -0.2) is 4.39 Å². The summed E-state index contributed by atoms with van der Waals surface area (Å²) >= 11 is 0. The van der Waals surface area contributed by atoms with Crippen molar-refractivity contribution in [2.45, 2.75) is 26.7 Å².